The maximum atomic E-state index is 12.7. The minimum absolute atomic E-state index is 0.0713. The third kappa shape index (κ3) is 3.34. The molecule has 0 aliphatic heterocycles. The predicted molar refractivity (Wildman–Crippen MR) is 88.7 cm³/mol. The number of carbonyl (C=O) groups excluding carboxylic acids is 1. The average Bonchev–Trinajstić information content (AvgIpc) is 3.07. The summed E-state index contributed by atoms with van der Waals surface area (Å²) in [4.78, 5) is 17.0. The van der Waals surface area contributed by atoms with Crippen molar-refractivity contribution >= 4 is 11.6 Å². The lowest BCUT2D eigenvalue weighted by molar-refractivity contribution is 0.0238. The second kappa shape index (κ2) is 6.56. The number of tetrazole rings is 1. The van der Waals surface area contributed by atoms with Gasteiger partial charge in [0.15, 0.2) is 5.65 Å². The van der Waals surface area contributed by atoms with Gasteiger partial charge in [-0.2, -0.15) is 0 Å². The number of nitrogens with zero attached hydrogens (tertiary/aromatic N) is 5. The van der Waals surface area contributed by atoms with Crippen LogP contribution >= 0.6 is 0 Å². The number of hydrogen-bond acceptors (Lipinski definition) is 6. The molecule has 1 aliphatic rings. The smallest absolute Gasteiger partial charge is 0.251 e. The monoisotopic (exact) mass is 338 g/mol. The predicted octanol–water partition coefficient (Wildman–Crippen LogP) is 0.631. The summed E-state index contributed by atoms with van der Waals surface area (Å²) in [6.45, 7) is 0. The lowest BCUT2D eigenvalue weighted by atomic mass is 9.76. The van der Waals surface area contributed by atoms with E-state index in [2.05, 4.69) is 25.8 Å². The van der Waals surface area contributed by atoms with Crippen molar-refractivity contribution in [2.24, 2.45) is 5.92 Å². The van der Waals surface area contributed by atoms with E-state index in [1.54, 1.807) is 24.5 Å². The molecule has 0 bridgehead atoms. The summed E-state index contributed by atoms with van der Waals surface area (Å²) in [5.41, 5.74) is 1.95. The Hall–Kier alpha value is -2.87. The molecule has 8 nitrogen and oxygen atoms in total. The Balaban J connectivity index is 1.51. The van der Waals surface area contributed by atoms with Crippen molar-refractivity contribution in [1.82, 2.24) is 30.3 Å². The van der Waals surface area contributed by atoms with Gasteiger partial charge in [-0.15, -0.1) is 5.10 Å². The van der Waals surface area contributed by atoms with E-state index in [0.717, 1.165) is 5.69 Å². The third-order valence-electron chi connectivity index (χ3n) is 4.65. The van der Waals surface area contributed by atoms with E-state index in [1.165, 1.54) is 4.52 Å². The van der Waals surface area contributed by atoms with Crippen LogP contribution < -0.4 is 5.32 Å². The molecule has 2 N–H and O–H groups in total. The second-order valence-corrected chi connectivity index (χ2v) is 6.39. The fourth-order valence-electron chi connectivity index (χ4n) is 3.17. The van der Waals surface area contributed by atoms with Gasteiger partial charge in [-0.25, -0.2) is 4.52 Å². The maximum absolute atomic E-state index is 12.7. The largest absolute Gasteiger partial charge is 0.393 e. The molecule has 0 aromatic carbocycles. The van der Waals surface area contributed by atoms with Crippen LogP contribution in [-0.4, -0.2) is 48.2 Å². The number of carbonyl (C=O) groups is 1. The minimum atomic E-state index is -0.272. The summed E-state index contributed by atoms with van der Waals surface area (Å²) in [5, 5.41) is 23.9. The molecular formula is C17H18N6O2. The van der Waals surface area contributed by atoms with Crippen molar-refractivity contribution < 1.29 is 9.90 Å². The summed E-state index contributed by atoms with van der Waals surface area (Å²) in [6, 6.07) is 9.02. The Labute approximate surface area is 143 Å². The van der Waals surface area contributed by atoms with Gasteiger partial charge in [0.2, 0.25) is 0 Å². The van der Waals surface area contributed by atoms with Gasteiger partial charge in [0.05, 0.1) is 6.10 Å². The molecule has 3 heterocycles. The van der Waals surface area contributed by atoms with Crippen LogP contribution in [0.25, 0.3) is 5.65 Å². The molecule has 1 amide bonds. The minimum Gasteiger partial charge on any atom is -0.393 e. The second-order valence-electron chi connectivity index (χ2n) is 6.39. The summed E-state index contributed by atoms with van der Waals surface area (Å²) in [5.74, 6) is 0.0762. The highest BCUT2D eigenvalue weighted by molar-refractivity contribution is 5.95. The molecule has 1 atom stereocenters. The van der Waals surface area contributed by atoms with Gasteiger partial charge in [-0.3, -0.25) is 9.78 Å². The summed E-state index contributed by atoms with van der Waals surface area (Å²) in [7, 11) is 0. The maximum Gasteiger partial charge on any atom is 0.251 e. The molecule has 0 unspecified atom stereocenters. The molecule has 1 saturated carbocycles. The van der Waals surface area contributed by atoms with Gasteiger partial charge in [-0.05, 0) is 53.5 Å². The molecule has 0 saturated heterocycles. The molecular weight excluding hydrogens is 320 g/mol. The van der Waals surface area contributed by atoms with Crippen molar-refractivity contribution in [2.45, 2.75) is 31.4 Å². The Kier molecular flexibility index (Phi) is 4.10. The Morgan fingerprint density at radius 1 is 1.36 bits per heavy atom. The van der Waals surface area contributed by atoms with E-state index in [-0.39, 0.29) is 24.0 Å². The standard InChI is InChI=1S/C17H18N6O2/c24-14-7-12(8-14)15(10-13-3-1-2-5-18-13)19-17(25)11-4-6-23-16(9-11)20-21-22-23/h1-6,9,12,14-15,24H,7-8,10H2,(H,19,25)/t12?,14?,15-/m1/s1. The number of rotatable bonds is 5. The van der Waals surface area contributed by atoms with E-state index in [0.29, 0.717) is 30.5 Å². The quantitative estimate of drug-likeness (QED) is 0.707. The molecule has 8 heteroatoms. The Bertz CT molecular complexity index is 875. The fourth-order valence-corrected chi connectivity index (χ4v) is 3.17. The fraction of sp³-hybridized carbons (Fsp3) is 0.353. The van der Waals surface area contributed by atoms with Crippen LogP contribution in [0.2, 0.25) is 0 Å². The van der Waals surface area contributed by atoms with Crippen molar-refractivity contribution in [3.05, 3.63) is 54.0 Å². The molecule has 0 spiro atoms. The van der Waals surface area contributed by atoms with Gasteiger partial charge >= 0.3 is 0 Å². The van der Waals surface area contributed by atoms with Crippen molar-refractivity contribution in [3.8, 4) is 0 Å². The molecule has 25 heavy (non-hydrogen) atoms. The first kappa shape index (κ1) is 15.6. The summed E-state index contributed by atoms with van der Waals surface area (Å²) >= 11 is 0. The molecule has 1 aliphatic carbocycles. The van der Waals surface area contributed by atoms with Gasteiger partial charge in [0.25, 0.3) is 5.91 Å². The van der Waals surface area contributed by atoms with E-state index in [1.807, 2.05) is 18.2 Å². The van der Waals surface area contributed by atoms with Crippen LogP contribution in [0.15, 0.2) is 42.7 Å². The van der Waals surface area contributed by atoms with E-state index >= 15 is 0 Å². The van der Waals surface area contributed by atoms with E-state index < -0.39 is 0 Å². The molecule has 0 radical (unpaired) electrons. The number of fused-ring (bicyclic) bond motifs is 1. The zero-order chi connectivity index (χ0) is 17.2. The first-order valence-electron chi connectivity index (χ1n) is 8.25. The number of amides is 1. The number of pyridine rings is 2. The van der Waals surface area contributed by atoms with Crippen LogP contribution in [0.3, 0.4) is 0 Å². The third-order valence-corrected chi connectivity index (χ3v) is 4.65. The van der Waals surface area contributed by atoms with Gasteiger partial charge in [0.1, 0.15) is 0 Å². The lowest BCUT2D eigenvalue weighted by Crippen LogP contribution is -2.48. The van der Waals surface area contributed by atoms with Gasteiger partial charge in [0, 0.05) is 36.1 Å². The average molecular weight is 338 g/mol. The summed E-state index contributed by atoms with van der Waals surface area (Å²) < 4.78 is 1.50. The number of nitrogens with one attached hydrogen (secondary N) is 1. The summed E-state index contributed by atoms with van der Waals surface area (Å²) in [6.07, 6.45) is 5.17. The molecule has 1 fully saturated rings. The van der Waals surface area contributed by atoms with Crippen molar-refractivity contribution in [3.63, 3.8) is 0 Å². The van der Waals surface area contributed by atoms with Gasteiger partial charge in [-0.1, -0.05) is 6.07 Å². The van der Waals surface area contributed by atoms with E-state index in [4.69, 9.17) is 0 Å². The van der Waals surface area contributed by atoms with E-state index in [9.17, 15) is 9.90 Å². The van der Waals surface area contributed by atoms with Gasteiger partial charge < -0.3 is 10.4 Å². The molecule has 3 aromatic heterocycles. The first-order chi connectivity index (χ1) is 12.2. The topological polar surface area (TPSA) is 105 Å². The van der Waals surface area contributed by atoms with Crippen LogP contribution in [0.5, 0.6) is 0 Å². The SMILES string of the molecule is O=C(N[C@H](Cc1ccccn1)C1CC(O)C1)c1ccn2nnnc2c1. The number of hydrogen-bond donors (Lipinski definition) is 2. The first-order valence-corrected chi connectivity index (χ1v) is 8.25. The number of aliphatic hydroxyl groups is 1. The zero-order valence-electron chi connectivity index (χ0n) is 13.5. The lowest BCUT2D eigenvalue weighted by Gasteiger charge is -2.38. The normalized spacial score (nSPS) is 20.8. The van der Waals surface area contributed by atoms with Crippen molar-refractivity contribution in [2.75, 3.05) is 0 Å². The van der Waals surface area contributed by atoms with Crippen LogP contribution in [0.4, 0.5) is 0 Å². The highest BCUT2D eigenvalue weighted by atomic mass is 16.3. The Morgan fingerprint density at radius 3 is 3.00 bits per heavy atom. The number of aliphatic hydroxyl groups excluding tert-OH is 1. The zero-order valence-corrected chi connectivity index (χ0v) is 13.5. The molecule has 3 aromatic rings. The highest BCUT2D eigenvalue weighted by Crippen LogP contribution is 2.31. The number of aromatic nitrogens is 5. The van der Waals surface area contributed by atoms with Crippen molar-refractivity contribution in [1.29, 1.82) is 0 Å². The van der Waals surface area contributed by atoms with Crippen LogP contribution in [0, 0.1) is 5.92 Å². The molecule has 4 rings (SSSR count). The van der Waals surface area contributed by atoms with Crippen LogP contribution in [0.1, 0.15) is 28.9 Å². The molecule has 128 valence electrons. The van der Waals surface area contributed by atoms with Crippen LogP contribution in [-0.2, 0) is 6.42 Å². The highest BCUT2D eigenvalue weighted by Gasteiger charge is 2.35. The Morgan fingerprint density at radius 2 is 2.24 bits per heavy atom.